The van der Waals surface area contributed by atoms with Crippen LogP contribution in [0, 0.1) is 17.8 Å². The first-order chi connectivity index (χ1) is 9.27. The summed E-state index contributed by atoms with van der Waals surface area (Å²) in [6.07, 6.45) is 8.76. The van der Waals surface area contributed by atoms with Crippen LogP contribution in [0.3, 0.4) is 0 Å². The Morgan fingerprint density at radius 2 is 1.95 bits per heavy atom. The molecule has 2 saturated heterocycles. The van der Waals surface area contributed by atoms with Gasteiger partial charge in [0.2, 0.25) is 5.91 Å². The quantitative estimate of drug-likeness (QED) is 0.789. The molecular formula is C16H28N2O. The molecule has 0 spiro atoms. The van der Waals surface area contributed by atoms with Crippen LogP contribution in [0.1, 0.15) is 51.9 Å². The number of carbonyl (C=O) groups is 1. The summed E-state index contributed by atoms with van der Waals surface area (Å²) in [5.41, 5.74) is 0. The third-order valence-electron chi connectivity index (χ3n) is 5.67. The maximum absolute atomic E-state index is 12.8. The molecule has 3 nitrogen and oxygen atoms in total. The van der Waals surface area contributed by atoms with E-state index in [0.29, 0.717) is 11.9 Å². The fourth-order valence-electron chi connectivity index (χ4n) is 4.48. The highest BCUT2D eigenvalue weighted by Gasteiger charge is 2.40. The van der Waals surface area contributed by atoms with Crippen LogP contribution in [0.4, 0.5) is 0 Å². The third kappa shape index (κ3) is 2.67. The number of piperidine rings is 2. The number of hydrogen-bond donors (Lipinski definition) is 1. The second-order valence-electron chi connectivity index (χ2n) is 6.86. The molecule has 3 unspecified atom stereocenters. The summed E-state index contributed by atoms with van der Waals surface area (Å²) in [5.74, 6) is 2.31. The minimum atomic E-state index is 0.254. The van der Waals surface area contributed by atoms with E-state index in [9.17, 15) is 4.79 Å². The second kappa shape index (κ2) is 5.82. The van der Waals surface area contributed by atoms with Gasteiger partial charge in [-0.2, -0.15) is 0 Å². The monoisotopic (exact) mass is 264 g/mol. The van der Waals surface area contributed by atoms with E-state index in [-0.39, 0.29) is 5.92 Å². The summed E-state index contributed by atoms with van der Waals surface area (Å²) in [4.78, 5) is 15.1. The van der Waals surface area contributed by atoms with E-state index >= 15 is 0 Å². The fourth-order valence-corrected chi connectivity index (χ4v) is 4.48. The lowest BCUT2D eigenvalue weighted by Crippen LogP contribution is -2.55. The van der Waals surface area contributed by atoms with Gasteiger partial charge >= 0.3 is 0 Å². The summed E-state index contributed by atoms with van der Waals surface area (Å²) in [6.45, 7) is 5.40. The topological polar surface area (TPSA) is 32.3 Å². The van der Waals surface area contributed by atoms with Gasteiger partial charge in [-0.3, -0.25) is 4.79 Å². The van der Waals surface area contributed by atoms with E-state index in [1.54, 1.807) is 0 Å². The summed E-state index contributed by atoms with van der Waals surface area (Å²) in [5, 5.41) is 3.39. The van der Waals surface area contributed by atoms with E-state index in [0.717, 1.165) is 44.3 Å². The van der Waals surface area contributed by atoms with Gasteiger partial charge in [0, 0.05) is 19.1 Å². The zero-order valence-electron chi connectivity index (χ0n) is 12.2. The Kier molecular flexibility index (Phi) is 4.11. The summed E-state index contributed by atoms with van der Waals surface area (Å²) in [7, 11) is 0. The van der Waals surface area contributed by atoms with Crippen LogP contribution in [-0.4, -0.2) is 36.5 Å². The van der Waals surface area contributed by atoms with Crippen molar-refractivity contribution in [2.24, 2.45) is 17.8 Å². The normalized spacial score (nSPS) is 39.7. The lowest BCUT2D eigenvalue weighted by atomic mass is 9.72. The molecule has 3 heteroatoms. The number of fused-ring (bicyclic) bond motifs is 1. The van der Waals surface area contributed by atoms with Crippen molar-refractivity contribution >= 4 is 5.91 Å². The lowest BCUT2D eigenvalue weighted by Gasteiger charge is -2.48. The van der Waals surface area contributed by atoms with Gasteiger partial charge in [-0.15, -0.1) is 0 Å². The smallest absolute Gasteiger partial charge is 0.227 e. The molecule has 0 aromatic heterocycles. The Hall–Kier alpha value is -0.570. The number of carbonyl (C=O) groups excluding carboxylic acids is 1. The molecule has 0 aromatic carbocycles. The molecule has 3 rings (SSSR count). The maximum atomic E-state index is 12.8. The maximum Gasteiger partial charge on any atom is 0.227 e. The van der Waals surface area contributed by atoms with Gasteiger partial charge in [0.1, 0.15) is 0 Å². The minimum absolute atomic E-state index is 0.254. The van der Waals surface area contributed by atoms with E-state index < -0.39 is 0 Å². The average molecular weight is 264 g/mol. The van der Waals surface area contributed by atoms with Crippen molar-refractivity contribution in [1.82, 2.24) is 10.2 Å². The van der Waals surface area contributed by atoms with Gasteiger partial charge in [0.05, 0.1) is 5.92 Å². The van der Waals surface area contributed by atoms with Crippen molar-refractivity contribution in [2.75, 3.05) is 19.6 Å². The summed E-state index contributed by atoms with van der Waals surface area (Å²) in [6, 6.07) is 0.562. The van der Waals surface area contributed by atoms with Crippen molar-refractivity contribution in [2.45, 2.75) is 57.9 Å². The van der Waals surface area contributed by atoms with Crippen LogP contribution in [-0.2, 0) is 4.79 Å². The molecule has 108 valence electrons. The SMILES string of the molecule is CC1CCN(C(=O)[C@@H]2CCCNC2)C2CCCCC12. The van der Waals surface area contributed by atoms with Crippen molar-refractivity contribution in [3.8, 4) is 0 Å². The number of rotatable bonds is 1. The van der Waals surface area contributed by atoms with Crippen LogP contribution in [0.25, 0.3) is 0 Å². The zero-order chi connectivity index (χ0) is 13.2. The molecule has 1 amide bonds. The predicted molar refractivity (Wildman–Crippen MR) is 76.8 cm³/mol. The standard InChI is InChI=1S/C16H28N2O/c1-12-8-10-18(15-7-3-2-6-14(12)15)16(19)13-5-4-9-17-11-13/h12-15,17H,2-11H2,1H3/t12?,13-,14?,15?/m1/s1. The van der Waals surface area contributed by atoms with Crippen molar-refractivity contribution in [3.63, 3.8) is 0 Å². The highest BCUT2D eigenvalue weighted by atomic mass is 16.2. The number of nitrogens with one attached hydrogen (secondary N) is 1. The number of nitrogens with zero attached hydrogens (tertiary/aromatic N) is 1. The van der Waals surface area contributed by atoms with Crippen LogP contribution in [0.15, 0.2) is 0 Å². The molecule has 2 aliphatic heterocycles. The molecule has 3 aliphatic rings. The van der Waals surface area contributed by atoms with Gasteiger partial charge in [-0.1, -0.05) is 19.8 Å². The highest BCUT2D eigenvalue weighted by molar-refractivity contribution is 5.79. The Balaban J connectivity index is 1.70. The largest absolute Gasteiger partial charge is 0.339 e. The van der Waals surface area contributed by atoms with Gasteiger partial charge in [-0.05, 0) is 50.5 Å². The third-order valence-corrected chi connectivity index (χ3v) is 5.67. The Bertz CT molecular complexity index is 325. The van der Waals surface area contributed by atoms with E-state index in [2.05, 4.69) is 17.1 Å². The first-order valence-corrected chi connectivity index (χ1v) is 8.28. The lowest BCUT2D eigenvalue weighted by molar-refractivity contribution is -0.144. The zero-order valence-corrected chi connectivity index (χ0v) is 12.2. The first kappa shape index (κ1) is 13.4. The fraction of sp³-hybridized carbons (Fsp3) is 0.938. The number of likely N-dealkylation sites (tertiary alicyclic amines) is 1. The molecule has 3 fully saturated rings. The molecular weight excluding hydrogens is 236 g/mol. The van der Waals surface area contributed by atoms with Gasteiger partial charge in [0.25, 0.3) is 0 Å². The van der Waals surface area contributed by atoms with Crippen LogP contribution in [0.5, 0.6) is 0 Å². The molecule has 0 aromatic rings. The van der Waals surface area contributed by atoms with Crippen molar-refractivity contribution in [3.05, 3.63) is 0 Å². The van der Waals surface area contributed by atoms with E-state index in [1.165, 1.54) is 32.1 Å². The van der Waals surface area contributed by atoms with E-state index in [4.69, 9.17) is 0 Å². The first-order valence-electron chi connectivity index (χ1n) is 8.28. The van der Waals surface area contributed by atoms with Crippen LogP contribution >= 0.6 is 0 Å². The summed E-state index contributed by atoms with van der Waals surface area (Å²) >= 11 is 0. The minimum Gasteiger partial charge on any atom is -0.339 e. The number of hydrogen-bond acceptors (Lipinski definition) is 2. The summed E-state index contributed by atoms with van der Waals surface area (Å²) < 4.78 is 0. The van der Waals surface area contributed by atoms with Crippen molar-refractivity contribution < 1.29 is 4.79 Å². The average Bonchev–Trinajstić information content (AvgIpc) is 2.48. The molecule has 1 N–H and O–H groups in total. The highest BCUT2D eigenvalue weighted by Crippen LogP contribution is 2.39. The predicted octanol–water partition coefficient (Wildman–Crippen LogP) is 2.41. The number of amides is 1. The molecule has 2 heterocycles. The molecule has 4 atom stereocenters. The molecule has 19 heavy (non-hydrogen) atoms. The van der Waals surface area contributed by atoms with E-state index in [1.807, 2.05) is 0 Å². The van der Waals surface area contributed by atoms with Gasteiger partial charge in [0.15, 0.2) is 0 Å². The Labute approximate surface area is 117 Å². The second-order valence-corrected chi connectivity index (χ2v) is 6.86. The Morgan fingerprint density at radius 3 is 2.74 bits per heavy atom. The molecule has 1 saturated carbocycles. The van der Waals surface area contributed by atoms with Crippen LogP contribution in [0.2, 0.25) is 0 Å². The van der Waals surface area contributed by atoms with Crippen molar-refractivity contribution in [1.29, 1.82) is 0 Å². The molecule has 0 radical (unpaired) electrons. The Morgan fingerprint density at radius 1 is 1.11 bits per heavy atom. The molecule has 0 bridgehead atoms. The molecule has 1 aliphatic carbocycles. The van der Waals surface area contributed by atoms with Gasteiger partial charge in [-0.25, -0.2) is 0 Å². The van der Waals surface area contributed by atoms with Gasteiger partial charge < -0.3 is 10.2 Å². The van der Waals surface area contributed by atoms with Crippen LogP contribution < -0.4 is 5.32 Å².